The molecular weight excluding hydrogens is 318 g/mol. The van der Waals surface area contributed by atoms with Crippen LogP contribution in [-0.4, -0.2) is 29.4 Å². The topological polar surface area (TPSA) is 60.7 Å². The molecule has 2 aromatic carbocycles. The SMILES string of the molecule is CCOC(=O)c1c(C)n(C)c2cc(-c3ccc(OC)cc3)c(O)cc12. The van der Waals surface area contributed by atoms with Crippen LogP contribution < -0.4 is 4.74 Å². The summed E-state index contributed by atoms with van der Waals surface area (Å²) in [6.07, 6.45) is 0. The summed E-state index contributed by atoms with van der Waals surface area (Å²) in [4.78, 5) is 12.3. The number of methoxy groups -OCH3 is 1. The maximum Gasteiger partial charge on any atom is 0.340 e. The van der Waals surface area contributed by atoms with E-state index in [0.29, 0.717) is 23.1 Å². The van der Waals surface area contributed by atoms with Crippen LogP contribution in [0, 0.1) is 6.92 Å². The largest absolute Gasteiger partial charge is 0.507 e. The minimum Gasteiger partial charge on any atom is -0.507 e. The molecule has 1 heterocycles. The molecule has 1 N–H and O–H groups in total. The van der Waals surface area contributed by atoms with Crippen LogP contribution in [0.1, 0.15) is 23.0 Å². The third-order valence-corrected chi connectivity index (χ3v) is 4.49. The highest BCUT2D eigenvalue weighted by molar-refractivity contribution is 6.07. The third-order valence-electron chi connectivity index (χ3n) is 4.49. The summed E-state index contributed by atoms with van der Waals surface area (Å²) in [6.45, 7) is 3.96. The van der Waals surface area contributed by atoms with Gasteiger partial charge < -0.3 is 19.1 Å². The van der Waals surface area contributed by atoms with E-state index in [1.165, 1.54) is 0 Å². The molecule has 0 atom stereocenters. The first-order chi connectivity index (χ1) is 12.0. The van der Waals surface area contributed by atoms with Crippen molar-refractivity contribution in [1.29, 1.82) is 0 Å². The number of carbonyl (C=O) groups excluding carboxylic acids is 1. The summed E-state index contributed by atoms with van der Waals surface area (Å²) in [5.41, 5.74) is 3.74. The summed E-state index contributed by atoms with van der Waals surface area (Å²) in [5.74, 6) is 0.500. The quantitative estimate of drug-likeness (QED) is 0.729. The molecule has 0 aliphatic heterocycles. The average molecular weight is 339 g/mol. The normalized spacial score (nSPS) is 10.9. The molecule has 0 aliphatic rings. The number of phenols is 1. The zero-order valence-electron chi connectivity index (χ0n) is 14.8. The predicted octanol–water partition coefficient (Wildman–Crippen LogP) is 4.04. The van der Waals surface area contributed by atoms with Gasteiger partial charge in [0.1, 0.15) is 11.5 Å². The van der Waals surface area contributed by atoms with Gasteiger partial charge in [0, 0.05) is 29.2 Å². The van der Waals surface area contributed by atoms with Gasteiger partial charge >= 0.3 is 5.97 Å². The number of phenolic OH excluding ortho intramolecular Hbond substituents is 1. The number of aromatic hydroxyl groups is 1. The number of aromatic nitrogens is 1. The molecule has 0 radical (unpaired) electrons. The number of rotatable bonds is 4. The number of benzene rings is 2. The number of hydrogen-bond donors (Lipinski definition) is 1. The Morgan fingerprint density at radius 3 is 2.48 bits per heavy atom. The van der Waals surface area contributed by atoms with E-state index in [-0.39, 0.29) is 11.7 Å². The monoisotopic (exact) mass is 339 g/mol. The number of fused-ring (bicyclic) bond motifs is 1. The zero-order valence-corrected chi connectivity index (χ0v) is 14.8. The van der Waals surface area contributed by atoms with Crippen LogP contribution >= 0.6 is 0 Å². The highest BCUT2D eigenvalue weighted by atomic mass is 16.5. The molecular formula is C20H21NO4. The lowest BCUT2D eigenvalue weighted by Crippen LogP contribution is -2.06. The fourth-order valence-electron chi connectivity index (χ4n) is 3.06. The van der Waals surface area contributed by atoms with E-state index in [4.69, 9.17) is 9.47 Å². The molecule has 0 saturated carbocycles. The molecule has 0 unspecified atom stereocenters. The second kappa shape index (κ2) is 6.51. The first kappa shape index (κ1) is 16.9. The Kier molecular flexibility index (Phi) is 4.40. The van der Waals surface area contributed by atoms with E-state index >= 15 is 0 Å². The van der Waals surface area contributed by atoms with Crippen molar-refractivity contribution in [2.75, 3.05) is 13.7 Å². The molecule has 0 fully saturated rings. The van der Waals surface area contributed by atoms with Crippen LogP contribution in [0.4, 0.5) is 0 Å². The lowest BCUT2D eigenvalue weighted by atomic mass is 10.0. The number of nitrogens with zero attached hydrogens (tertiary/aromatic N) is 1. The van der Waals surface area contributed by atoms with E-state index in [1.54, 1.807) is 20.1 Å². The van der Waals surface area contributed by atoms with Crippen molar-refractivity contribution in [3.05, 3.63) is 47.7 Å². The van der Waals surface area contributed by atoms with Gasteiger partial charge in [-0.1, -0.05) is 12.1 Å². The summed E-state index contributed by atoms with van der Waals surface area (Å²) in [6, 6.07) is 11.0. The molecule has 0 spiro atoms. The standard InChI is InChI=1S/C20H21NO4/c1-5-25-20(23)19-12(2)21(3)17-10-15(18(22)11-16(17)19)13-6-8-14(24-4)9-7-13/h6-11,22H,5H2,1-4H3. The number of hydrogen-bond acceptors (Lipinski definition) is 4. The minimum absolute atomic E-state index is 0.119. The van der Waals surface area contributed by atoms with E-state index in [2.05, 4.69) is 0 Å². The Bertz CT molecular complexity index is 939. The number of carbonyl (C=O) groups is 1. The molecule has 5 heteroatoms. The molecule has 3 rings (SSSR count). The Morgan fingerprint density at radius 2 is 1.88 bits per heavy atom. The zero-order chi connectivity index (χ0) is 18.1. The smallest absolute Gasteiger partial charge is 0.340 e. The lowest BCUT2D eigenvalue weighted by molar-refractivity contribution is 0.0527. The molecule has 0 bridgehead atoms. The average Bonchev–Trinajstić information content (AvgIpc) is 2.85. The summed E-state index contributed by atoms with van der Waals surface area (Å²) in [5, 5.41) is 11.2. The number of ether oxygens (including phenoxy) is 2. The first-order valence-corrected chi connectivity index (χ1v) is 8.11. The van der Waals surface area contributed by atoms with Gasteiger partial charge in [0.2, 0.25) is 0 Å². The van der Waals surface area contributed by atoms with Crippen molar-refractivity contribution < 1.29 is 19.4 Å². The van der Waals surface area contributed by atoms with Crippen molar-refractivity contribution in [3.8, 4) is 22.6 Å². The minimum atomic E-state index is -0.373. The molecule has 0 saturated heterocycles. The highest BCUT2D eigenvalue weighted by Crippen LogP contribution is 2.37. The fourth-order valence-corrected chi connectivity index (χ4v) is 3.06. The predicted molar refractivity (Wildman–Crippen MR) is 97.3 cm³/mol. The molecule has 1 aromatic heterocycles. The number of aryl methyl sites for hydroxylation is 1. The fraction of sp³-hybridized carbons (Fsp3) is 0.250. The van der Waals surface area contributed by atoms with Crippen LogP contribution in [0.5, 0.6) is 11.5 Å². The van der Waals surface area contributed by atoms with Crippen molar-refractivity contribution in [1.82, 2.24) is 4.57 Å². The Morgan fingerprint density at radius 1 is 1.20 bits per heavy atom. The molecule has 0 aliphatic carbocycles. The molecule has 25 heavy (non-hydrogen) atoms. The van der Waals surface area contributed by atoms with Gasteiger partial charge in [-0.05, 0) is 43.7 Å². The van der Waals surface area contributed by atoms with Gasteiger partial charge in [-0.2, -0.15) is 0 Å². The van der Waals surface area contributed by atoms with Crippen LogP contribution in [-0.2, 0) is 11.8 Å². The van der Waals surface area contributed by atoms with Crippen molar-refractivity contribution in [3.63, 3.8) is 0 Å². The van der Waals surface area contributed by atoms with Gasteiger partial charge in [-0.15, -0.1) is 0 Å². The Hall–Kier alpha value is -2.95. The van der Waals surface area contributed by atoms with Crippen LogP contribution in [0.3, 0.4) is 0 Å². The van der Waals surface area contributed by atoms with E-state index in [0.717, 1.165) is 22.5 Å². The van der Waals surface area contributed by atoms with Crippen LogP contribution in [0.2, 0.25) is 0 Å². The van der Waals surface area contributed by atoms with E-state index in [1.807, 2.05) is 48.9 Å². The number of esters is 1. The van der Waals surface area contributed by atoms with Gasteiger partial charge in [0.25, 0.3) is 0 Å². The van der Waals surface area contributed by atoms with E-state index < -0.39 is 0 Å². The molecule has 3 aromatic rings. The van der Waals surface area contributed by atoms with Gasteiger partial charge in [0.15, 0.2) is 0 Å². The summed E-state index contributed by atoms with van der Waals surface area (Å²) < 4.78 is 12.3. The molecule has 0 amide bonds. The Balaban J connectivity index is 2.19. The van der Waals surface area contributed by atoms with Crippen molar-refractivity contribution in [2.24, 2.45) is 7.05 Å². The summed E-state index contributed by atoms with van der Waals surface area (Å²) >= 11 is 0. The van der Waals surface area contributed by atoms with E-state index in [9.17, 15) is 9.90 Å². The van der Waals surface area contributed by atoms with Crippen LogP contribution in [0.25, 0.3) is 22.0 Å². The van der Waals surface area contributed by atoms with Crippen molar-refractivity contribution >= 4 is 16.9 Å². The maximum atomic E-state index is 12.3. The van der Waals surface area contributed by atoms with Gasteiger partial charge in [-0.3, -0.25) is 0 Å². The van der Waals surface area contributed by atoms with Crippen molar-refractivity contribution in [2.45, 2.75) is 13.8 Å². The Labute approximate surface area is 146 Å². The molecule has 5 nitrogen and oxygen atoms in total. The van der Waals surface area contributed by atoms with Gasteiger partial charge in [0.05, 0.1) is 19.3 Å². The lowest BCUT2D eigenvalue weighted by Gasteiger charge is -2.08. The third kappa shape index (κ3) is 2.82. The summed E-state index contributed by atoms with van der Waals surface area (Å²) in [7, 11) is 3.51. The van der Waals surface area contributed by atoms with Gasteiger partial charge in [-0.25, -0.2) is 4.79 Å². The second-order valence-electron chi connectivity index (χ2n) is 5.85. The molecule has 130 valence electrons. The first-order valence-electron chi connectivity index (χ1n) is 8.11. The highest BCUT2D eigenvalue weighted by Gasteiger charge is 2.21. The van der Waals surface area contributed by atoms with Crippen LogP contribution in [0.15, 0.2) is 36.4 Å². The maximum absolute atomic E-state index is 12.3. The second-order valence-corrected chi connectivity index (χ2v) is 5.85.